The molecule has 0 aromatic carbocycles. The van der Waals surface area contributed by atoms with Gasteiger partial charge in [-0.05, 0) is 17.7 Å². The van der Waals surface area contributed by atoms with E-state index in [1.54, 1.807) is 12.1 Å². The van der Waals surface area contributed by atoms with Crippen molar-refractivity contribution in [3.05, 3.63) is 35.0 Å². The summed E-state index contributed by atoms with van der Waals surface area (Å²) in [5.41, 5.74) is 0.627. The topological polar surface area (TPSA) is 40.1 Å². The Morgan fingerprint density at radius 2 is 2.27 bits per heavy atom. The van der Waals surface area contributed by atoms with Gasteiger partial charge in [-0.15, -0.1) is 0 Å². The van der Waals surface area contributed by atoms with Gasteiger partial charge in [0.05, 0.1) is 6.26 Å². The Morgan fingerprint density at radius 3 is 3.09 bits per heavy atom. The van der Waals surface area contributed by atoms with Crippen molar-refractivity contribution in [1.82, 2.24) is 0 Å². The lowest BCUT2D eigenvalue weighted by molar-refractivity contribution is -0.601. The van der Waals surface area contributed by atoms with E-state index in [9.17, 15) is 5.21 Å². The number of hydrogen-bond donors (Lipinski definition) is 0. The monoisotopic (exact) mass is 169 g/mol. The second kappa shape index (κ2) is 2.13. The number of fused-ring (bicyclic) bond motifs is 1. The number of furan rings is 1. The van der Waals surface area contributed by atoms with E-state index >= 15 is 0 Å². The Hall–Kier alpha value is -1.22. The van der Waals surface area contributed by atoms with Crippen LogP contribution in [0.25, 0.3) is 11.0 Å². The summed E-state index contributed by atoms with van der Waals surface area (Å²) in [4.78, 5) is 0. The minimum Gasteiger partial charge on any atom is -0.618 e. The van der Waals surface area contributed by atoms with Crippen LogP contribution in [-0.2, 0) is 0 Å². The average molecular weight is 170 g/mol. The first-order valence-corrected chi connectivity index (χ1v) is 3.42. The summed E-state index contributed by atoms with van der Waals surface area (Å²) in [5, 5.41) is 11.7. The number of rotatable bonds is 0. The summed E-state index contributed by atoms with van der Waals surface area (Å²) >= 11 is 5.66. The van der Waals surface area contributed by atoms with Gasteiger partial charge in [-0.1, -0.05) is 0 Å². The Balaban J connectivity index is 2.93. The van der Waals surface area contributed by atoms with Gasteiger partial charge >= 0.3 is 0 Å². The number of halogens is 1. The van der Waals surface area contributed by atoms with Gasteiger partial charge in [-0.25, -0.2) is 0 Å². The molecule has 4 heteroatoms. The van der Waals surface area contributed by atoms with Crippen molar-refractivity contribution >= 4 is 22.6 Å². The maximum absolute atomic E-state index is 10.9. The molecule has 2 aromatic rings. The molecule has 0 aliphatic rings. The van der Waals surface area contributed by atoms with Crippen LogP contribution in [0.5, 0.6) is 0 Å². The van der Waals surface area contributed by atoms with Crippen molar-refractivity contribution in [3.8, 4) is 0 Å². The molecule has 0 saturated heterocycles. The first kappa shape index (κ1) is 6.49. The molecule has 0 atom stereocenters. The van der Waals surface area contributed by atoms with E-state index in [2.05, 4.69) is 0 Å². The van der Waals surface area contributed by atoms with E-state index < -0.39 is 0 Å². The predicted molar refractivity (Wildman–Crippen MR) is 40.2 cm³/mol. The zero-order valence-electron chi connectivity index (χ0n) is 5.45. The average Bonchev–Trinajstić information content (AvgIpc) is 2.45. The molecule has 0 N–H and O–H groups in total. The fourth-order valence-electron chi connectivity index (χ4n) is 0.940. The highest BCUT2D eigenvalue weighted by Gasteiger charge is 2.09. The largest absolute Gasteiger partial charge is 0.618 e. The summed E-state index contributed by atoms with van der Waals surface area (Å²) in [6.07, 6.45) is 2.81. The number of hydrogen-bond acceptors (Lipinski definition) is 2. The van der Waals surface area contributed by atoms with E-state index in [0.717, 1.165) is 0 Å². The summed E-state index contributed by atoms with van der Waals surface area (Å²) < 4.78 is 5.61. The van der Waals surface area contributed by atoms with Gasteiger partial charge in [0, 0.05) is 6.07 Å². The molecule has 0 fully saturated rings. The predicted octanol–water partition coefficient (Wildman–Crippen LogP) is 1.72. The molecule has 0 bridgehead atoms. The molecule has 0 unspecified atom stereocenters. The molecule has 3 nitrogen and oxygen atoms in total. The summed E-state index contributed by atoms with van der Waals surface area (Å²) in [7, 11) is 0. The van der Waals surface area contributed by atoms with Crippen LogP contribution in [0.15, 0.2) is 29.0 Å². The standard InChI is InChI=1S/C7H4ClNO2/c8-7-5-2-4-11-6(5)1-3-9(7)10/h1-4H. The zero-order chi connectivity index (χ0) is 7.84. The van der Waals surface area contributed by atoms with E-state index in [1.165, 1.54) is 12.5 Å². The van der Waals surface area contributed by atoms with E-state index in [4.69, 9.17) is 16.0 Å². The van der Waals surface area contributed by atoms with Crippen molar-refractivity contribution in [2.24, 2.45) is 0 Å². The van der Waals surface area contributed by atoms with Crippen LogP contribution in [0, 0.1) is 5.21 Å². The Labute approximate surface area is 67.4 Å². The van der Waals surface area contributed by atoms with Gasteiger partial charge < -0.3 is 9.62 Å². The molecule has 0 aliphatic carbocycles. The van der Waals surface area contributed by atoms with E-state index in [0.29, 0.717) is 15.7 Å². The van der Waals surface area contributed by atoms with Crippen LogP contribution in [-0.4, -0.2) is 0 Å². The molecule has 2 rings (SSSR count). The molecule has 0 radical (unpaired) electrons. The van der Waals surface area contributed by atoms with Crippen LogP contribution in [0.2, 0.25) is 5.15 Å². The first-order valence-electron chi connectivity index (χ1n) is 3.04. The molecule has 56 valence electrons. The van der Waals surface area contributed by atoms with Crippen molar-refractivity contribution < 1.29 is 9.15 Å². The highest BCUT2D eigenvalue weighted by atomic mass is 35.5. The third kappa shape index (κ3) is 0.851. The van der Waals surface area contributed by atoms with Gasteiger partial charge in [0.25, 0.3) is 5.15 Å². The number of aromatic nitrogens is 1. The summed E-state index contributed by atoms with van der Waals surface area (Å²) in [6.45, 7) is 0. The number of pyridine rings is 1. The smallest absolute Gasteiger partial charge is 0.297 e. The molecular formula is C7H4ClNO2. The third-order valence-electron chi connectivity index (χ3n) is 1.47. The van der Waals surface area contributed by atoms with Crippen molar-refractivity contribution in [2.75, 3.05) is 0 Å². The van der Waals surface area contributed by atoms with E-state index in [-0.39, 0.29) is 5.15 Å². The molecule has 0 spiro atoms. The molecule has 2 heterocycles. The lowest BCUT2D eigenvalue weighted by Crippen LogP contribution is -2.26. The Morgan fingerprint density at radius 1 is 1.45 bits per heavy atom. The summed E-state index contributed by atoms with van der Waals surface area (Å²) in [5.74, 6) is 0. The van der Waals surface area contributed by atoms with Gasteiger partial charge in [0.2, 0.25) is 0 Å². The Kier molecular flexibility index (Phi) is 1.26. The minimum atomic E-state index is 0.149. The van der Waals surface area contributed by atoms with Gasteiger partial charge in [0.15, 0.2) is 6.20 Å². The second-order valence-corrected chi connectivity index (χ2v) is 2.49. The lowest BCUT2D eigenvalue weighted by Gasteiger charge is -1.96. The van der Waals surface area contributed by atoms with Crippen molar-refractivity contribution in [3.63, 3.8) is 0 Å². The number of nitrogens with zero attached hydrogens (tertiary/aromatic N) is 1. The molecule has 11 heavy (non-hydrogen) atoms. The van der Waals surface area contributed by atoms with Crippen LogP contribution in [0.1, 0.15) is 0 Å². The lowest BCUT2D eigenvalue weighted by atomic mass is 10.3. The van der Waals surface area contributed by atoms with Crippen LogP contribution < -0.4 is 4.73 Å². The molecule has 0 saturated carbocycles. The van der Waals surface area contributed by atoms with Crippen molar-refractivity contribution in [1.29, 1.82) is 0 Å². The fraction of sp³-hybridized carbons (Fsp3) is 0. The molecule has 0 aliphatic heterocycles. The first-order chi connectivity index (χ1) is 5.29. The maximum Gasteiger partial charge on any atom is 0.297 e. The fourth-order valence-corrected chi connectivity index (χ4v) is 1.15. The zero-order valence-corrected chi connectivity index (χ0v) is 6.21. The van der Waals surface area contributed by atoms with Crippen LogP contribution in [0.3, 0.4) is 0 Å². The minimum absolute atomic E-state index is 0.149. The maximum atomic E-state index is 10.9. The highest BCUT2D eigenvalue weighted by molar-refractivity contribution is 6.32. The van der Waals surface area contributed by atoms with Crippen molar-refractivity contribution in [2.45, 2.75) is 0 Å². The molecule has 2 aromatic heterocycles. The van der Waals surface area contributed by atoms with Gasteiger partial charge in [-0.2, -0.15) is 4.73 Å². The molecule has 0 amide bonds. The Bertz CT molecular complexity index is 396. The van der Waals surface area contributed by atoms with Crippen LogP contribution >= 0.6 is 11.6 Å². The highest BCUT2D eigenvalue weighted by Crippen LogP contribution is 2.19. The molecular weight excluding hydrogens is 166 g/mol. The summed E-state index contributed by atoms with van der Waals surface area (Å²) in [6, 6.07) is 3.24. The van der Waals surface area contributed by atoms with Gasteiger partial charge in [-0.3, -0.25) is 0 Å². The van der Waals surface area contributed by atoms with Gasteiger partial charge in [0.1, 0.15) is 11.0 Å². The van der Waals surface area contributed by atoms with E-state index in [1.807, 2.05) is 0 Å². The quantitative estimate of drug-likeness (QED) is 0.342. The van der Waals surface area contributed by atoms with Crippen LogP contribution in [0.4, 0.5) is 0 Å². The normalized spacial score (nSPS) is 10.6. The third-order valence-corrected chi connectivity index (χ3v) is 1.84. The second-order valence-electron chi connectivity index (χ2n) is 2.13. The SMILES string of the molecule is [O-][n+]1ccc2occc2c1Cl.